The van der Waals surface area contributed by atoms with Crippen molar-refractivity contribution in [2.24, 2.45) is 0 Å². The summed E-state index contributed by atoms with van der Waals surface area (Å²) in [6.45, 7) is 1.21. The van der Waals surface area contributed by atoms with Crippen LogP contribution >= 0.6 is 0 Å². The van der Waals surface area contributed by atoms with Crippen molar-refractivity contribution in [3.05, 3.63) is 23.3 Å². The minimum Gasteiger partial charge on any atom is -0.493 e. The minimum atomic E-state index is -1.65. The van der Waals surface area contributed by atoms with Gasteiger partial charge in [-0.3, -0.25) is 4.79 Å². The average molecular weight is 256 g/mol. The molecule has 0 saturated carbocycles. The number of alkyl halides is 1. The van der Waals surface area contributed by atoms with Crippen molar-refractivity contribution < 1.29 is 28.6 Å². The lowest BCUT2D eigenvalue weighted by atomic mass is 9.99. The zero-order valence-corrected chi connectivity index (χ0v) is 10.2. The summed E-state index contributed by atoms with van der Waals surface area (Å²) in [6.07, 6.45) is -1.50. The standard InChI is InChI=1S/C12H13FO5/c1-6(13)7-4-9(17-2)10(18-3)5-8(7)11(14)12(15)16/h4-6H,1-3H3,(H,15,16). The summed E-state index contributed by atoms with van der Waals surface area (Å²) in [4.78, 5) is 22.2. The lowest BCUT2D eigenvalue weighted by Crippen LogP contribution is -2.15. The molecule has 0 aliphatic carbocycles. The summed E-state index contributed by atoms with van der Waals surface area (Å²) in [5.41, 5.74) is -0.282. The normalized spacial score (nSPS) is 11.8. The Hall–Kier alpha value is -2.11. The van der Waals surface area contributed by atoms with E-state index in [0.717, 1.165) is 0 Å². The van der Waals surface area contributed by atoms with Gasteiger partial charge in [-0.05, 0) is 19.1 Å². The maximum absolute atomic E-state index is 13.4. The van der Waals surface area contributed by atoms with Gasteiger partial charge in [-0.15, -0.1) is 0 Å². The molecule has 1 rings (SSSR count). The van der Waals surface area contributed by atoms with Gasteiger partial charge in [0.05, 0.1) is 14.2 Å². The van der Waals surface area contributed by atoms with Gasteiger partial charge in [0.25, 0.3) is 5.78 Å². The number of benzene rings is 1. The molecule has 0 heterocycles. The van der Waals surface area contributed by atoms with Crippen molar-refractivity contribution >= 4 is 11.8 Å². The summed E-state index contributed by atoms with van der Waals surface area (Å²) in [6, 6.07) is 2.43. The van der Waals surface area contributed by atoms with E-state index in [4.69, 9.17) is 14.6 Å². The number of rotatable bonds is 5. The van der Waals surface area contributed by atoms with Crippen LogP contribution in [0.2, 0.25) is 0 Å². The van der Waals surface area contributed by atoms with E-state index in [1.165, 1.54) is 33.3 Å². The molecule has 0 radical (unpaired) electrons. The molecular formula is C12H13FO5. The number of methoxy groups -OCH3 is 2. The van der Waals surface area contributed by atoms with Crippen LogP contribution in [0.4, 0.5) is 4.39 Å². The predicted octanol–water partition coefficient (Wildman–Crippen LogP) is 2.00. The van der Waals surface area contributed by atoms with Crippen LogP contribution in [0.1, 0.15) is 29.0 Å². The van der Waals surface area contributed by atoms with Crippen LogP contribution in [0.25, 0.3) is 0 Å². The quantitative estimate of drug-likeness (QED) is 0.644. The van der Waals surface area contributed by atoms with Gasteiger partial charge in [-0.1, -0.05) is 0 Å². The number of carbonyl (C=O) groups excluding carboxylic acids is 1. The van der Waals surface area contributed by atoms with Crippen LogP contribution in [-0.2, 0) is 4.79 Å². The van der Waals surface area contributed by atoms with E-state index < -0.39 is 17.9 Å². The van der Waals surface area contributed by atoms with Gasteiger partial charge in [0.2, 0.25) is 0 Å². The molecule has 18 heavy (non-hydrogen) atoms. The van der Waals surface area contributed by atoms with Crippen molar-refractivity contribution in [1.82, 2.24) is 0 Å². The largest absolute Gasteiger partial charge is 0.493 e. The van der Waals surface area contributed by atoms with E-state index >= 15 is 0 Å². The van der Waals surface area contributed by atoms with Gasteiger partial charge in [-0.2, -0.15) is 0 Å². The van der Waals surface area contributed by atoms with Crippen molar-refractivity contribution in [3.8, 4) is 11.5 Å². The number of hydrogen-bond donors (Lipinski definition) is 1. The Balaban J connectivity index is 3.47. The molecule has 0 amide bonds. The number of carboxylic acids is 1. The maximum Gasteiger partial charge on any atom is 0.377 e. The number of ketones is 1. The first-order chi connectivity index (χ1) is 8.42. The van der Waals surface area contributed by atoms with Gasteiger partial charge in [0.1, 0.15) is 6.17 Å². The molecule has 5 nitrogen and oxygen atoms in total. The van der Waals surface area contributed by atoms with Crippen molar-refractivity contribution in [3.63, 3.8) is 0 Å². The van der Waals surface area contributed by atoms with Gasteiger partial charge in [-0.25, -0.2) is 9.18 Å². The van der Waals surface area contributed by atoms with E-state index in [-0.39, 0.29) is 22.6 Å². The lowest BCUT2D eigenvalue weighted by Gasteiger charge is -2.14. The van der Waals surface area contributed by atoms with Crippen LogP contribution in [0.15, 0.2) is 12.1 Å². The molecule has 0 fully saturated rings. The Bertz CT molecular complexity index is 482. The topological polar surface area (TPSA) is 72.8 Å². The number of halogens is 1. The molecule has 1 atom stereocenters. The molecule has 0 aliphatic heterocycles. The van der Waals surface area contributed by atoms with Crippen LogP contribution in [0.5, 0.6) is 11.5 Å². The van der Waals surface area contributed by atoms with Crippen LogP contribution in [0, 0.1) is 0 Å². The molecule has 1 aromatic carbocycles. The molecule has 1 unspecified atom stereocenters. The van der Waals surface area contributed by atoms with E-state index in [1.54, 1.807) is 0 Å². The molecule has 0 aromatic heterocycles. The Morgan fingerprint density at radius 1 is 1.22 bits per heavy atom. The van der Waals surface area contributed by atoms with Gasteiger partial charge in [0, 0.05) is 11.1 Å². The predicted molar refractivity (Wildman–Crippen MR) is 61.0 cm³/mol. The first-order valence-electron chi connectivity index (χ1n) is 5.10. The number of carboxylic acid groups (broad SMARTS) is 1. The fraction of sp³-hybridized carbons (Fsp3) is 0.333. The fourth-order valence-electron chi connectivity index (χ4n) is 1.54. The first-order valence-corrected chi connectivity index (χ1v) is 5.10. The zero-order chi connectivity index (χ0) is 13.9. The van der Waals surface area contributed by atoms with Gasteiger partial charge in [0.15, 0.2) is 11.5 Å². The summed E-state index contributed by atoms with van der Waals surface area (Å²) < 4.78 is 23.3. The highest BCUT2D eigenvalue weighted by Crippen LogP contribution is 2.34. The molecule has 0 spiro atoms. The van der Waals surface area contributed by atoms with E-state index in [2.05, 4.69) is 0 Å². The monoisotopic (exact) mass is 256 g/mol. The Morgan fingerprint density at radius 3 is 2.11 bits per heavy atom. The maximum atomic E-state index is 13.4. The van der Waals surface area contributed by atoms with Crippen molar-refractivity contribution in [2.45, 2.75) is 13.1 Å². The number of aliphatic carboxylic acids is 1. The van der Waals surface area contributed by atoms with Gasteiger partial charge < -0.3 is 14.6 Å². The third-order valence-corrected chi connectivity index (χ3v) is 2.42. The van der Waals surface area contributed by atoms with Crippen molar-refractivity contribution in [2.75, 3.05) is 14.2 Å². The van der Waals surface area contributed by atoms with E-state index in [0.29, 0.717) is 0 Å². The van der Waals surface area contributed by atoms with Crippen molar-refractivity contribution in [1.29, 1.82) is 0 Å². The fourth-order valence-corrected chi connectivity index (χ4v) is 1.54. The smallest absolute Gasteiger partial charge is 0.377 e. The Morgan fingerprint density at radius 2 is 1.72 bits per heavy atom. The second kappa shape index (κ2) is 5.48. The average Bonchev–Trinajstić information content (AvgIpc) is 2.35. The Kier molecular flexibility index (Phi) is 4.25. The van der Waals surface area contributed by atoms with E-state index in [1.807, 2.05) is 0 Å². The zero-order valence-electron chi connectivity index (χ0n) is 10.2. The summed E-state index contributed by atoms with van der Waals surface area (Å²) in [7, 11) is 2.70. The molecule has 1 aromatic rings. The summed E-state index contributed by atoms with van der Waals surface area (Å²) >= 11 is 0. The second-order valence-electron chi connectivity index (χ2n) is 3.54. The number of Topliss-reactive ketones (excluding diaryl/α,β-unsaturated/α-hetero) is 1. The van der Waals surface area contributed by atoms with Crippen LogP contribution in [0.3, 0.4) is 0 Å². The first kappa shape index (κ1) is 14.0. The number of ether oxygens (including phenoxy) is 2. The Labute approximate surface area is 103 Å². The molecular weight excluding hydrogens is 243 g/mol. The number of carbonyl (C=O) groups is 2. The van der Waals surface area contributed by atoms with E-state index in [9.17, 15) is 14.0 Å². The molecule has 0 saturated heterocycles. The highest BCUT2D eigenvalue weighted by atomic mass is 19.1. The van der Waals surface area contributed by atoms with Crippen LogP contribution in [-0.4, -0.2) is 31.1 Å². The summed E-state index contributed by atoms with van der Waals surface area (Å²) in [5.74, 6) is -2.43. The molecule has 98 valence electrons. The summed E-state index contributed by atoms with van der Waals surface area (Å²) in [5, 5.41) is 8.69. The van der Waals surface area contributed by atoms with Crippen LogP contribution < -0.4 is 9.47 Å². The molecule has 6 heteroatoms. The minimum absolute atomic E-state index is 0.0416. The lowest BCUT2D eigenvalue weighted by molar-refractivity contribution is -0.131. The molecule has 1 N–H and O–H groups in total. The van der Waals surface area contributed by atoms with Gasteiger partial charge >= 0.3 is 5.97 Å². The molecule has 0 aliphatic rings. The molecule has 0 bridgehead atoms. The highest BCUT2D eigenvalue weighted by molar-refractivity contribution is 6.40. The third-order valence-electron chi connectivity index (χ3n) is 2.42. The highest BCUT2D eigenvalue weighted by Gasteiger charge is 2.24. The number of hydrogen-bond acceptors (Lipinski definition) is 4. The second-order valence-corrected chi connectivity index (χ2v) is 3.54. The third kappa shape index (κ3) is 2.58. The SMILES string of the molecule is COc1cc(C(=O)C(=O)O)c(C(C)F)cc1OC.